The Morgan fingerprint density at radius 3 is 3.13 bits per heavy atom. The van der Waals surface area contributed by atoms with Gasteiger partial charge in [0, 0.05) is 12.1 Å². The molecule has 0 amide bonds. The molecule has 15 heavy (non-hydrogen) atoms. The maximum atomic E-state index is 4.30. The van der Waals surface area contributed by atoms with E-state index in [0.29, 0.717) is 5.92 Å². The molecule has 0 radical (unpaired) electrons. The first-order chi connectivity index (χ1) is 7.45. The van der Waals surface area contributed by atoms with Gasteiger partial charge >= 0.3 is 0 Å². The molecule has 0 fully saturated rings. The molecule has 74 valence electrons. The Hall–Kier alpha value is -1.70. The molecule has 1 heterocycles. The van der Waals surface area contributed by atoms with E-state index in [1.54, 1.807) is 0 Å². The van der Waals surface area contributed by atoms with Crippen molar-refractivity contribution in [2.75, 3.05) is 0 Å². The average molecular weight is 196 g/mol. The van der Waals surface area contributed by atoms with E-state index in [1.807, 2.05) is 6.20 Å². The Kier molecular flexibility index (Phi) is 1.98. The van der Waals surface area contributed by atoms with E-state index < -0.39 is 0 Å². The highest BCUT2D eigenvalue weighted by molar-refractivity contribution is 5.57. The van der Waals surface area contributed by atoms with Gasteiger partial charge in [0.25, 0.3) is 0 Å². The molecule has 0 spiro atoms. The van der Waals surface area contributed by atoms with Crippen molar-refractivity contribution in [1.29, 1.82) is 0 Å². The molecule has 0 bridgehead atoms. The average Bonchev–Trinajstić information content (AvgIpc) is 2.48. The van der Waals surface area contributed by atoms with Gasteiger partial charge in [-0.05, 0) is 17.5 Å². The molecule has 0 saturated heterocycles. The summed E-state index contributed by atoms with van der Waals surface area (Å²) in [6, 6.07) is 8.81. The third kappa shape index (κ3) is 1.42. The van der Waals surface area contributed by atoms with Gasteiger partial charge in [-0.2, -0.15) is 10.2 Å². The molecule has 2 unspecified atom stereocenters. The highest BCUT2D eigenvalue weighted by Crippen LogP contribution is 2.34. The summed E-state index contributed by atoms with van der Waals surface area (Å²) >= 11 is 0. The summed E-state index contributed by atoms with van der Waals surface area (Å²) in [7, 11) is 0. The zero-order valence-electron chi connectivity index (χ0n) is 8.38. The van der Waals surface area contributed by atoms with Gasteiger partial charge in [-0.25, -0.2) is 0 Å². The Labute approximate surface area is 89.0 Å². The Bertz CT molecular complexity index is 457. The fraction of sp³-hybridized carbons (Fsp3) is 0.231. The molecule has 1 aromatic rings. The minimum absolute atomic E-state index is 0.287. The second kappa shape index (κ2) is 3.46. The predicted molar refractivity (Wildman–Crippen MR) is 60.6 cm³/mol. The number of rotatable bonds is 0. The first kappa shape index (κ1) is 8.60. The summed E-state index contributed by atoms with van der Waals surface area (Å²) in [5, 5.41) is 8.28. The number of fused-ring (bicyclic) bond motifs is 3. The molecule has 0 N–H and O–H groups in total. The number of nitrogens with zero attached hydrogens (tertiary/aromatic N) is 2. The number of azo groups is 1. The van der Waals surface area contributed by atoms with Gasteiger partial charge < -0.3 is 0 Å². The largest absolute Gasteiger partial charge is 0.185 e. The normalized spacial score (nSPS) is 26.9. The van der Waals surface area contributed by atoms with E-state index in [0.717, 1.165) is 6.42 Å². The van der Waals surface area contributed by atoms with E-state index >= 15 is 0 Å². The van der Waals surface area contributed by atoms with Crippen molar-refractivity contribution < 1.29 is 0 Å². The Balaban J connectivity index is 2.13. The van der Waals surface area contributed by atoms with Crippen LogP contribution in [0.25, 0.3) is 6.08 Å². The molecular weight excluding hydrogens is 184 g/mol. The van der Waals surface area contributed by atoms with Crippen LogP contribution in [-0.4, -0.2) is 6.04 Å². The first-order valence-electron chi connectivity index (χ1n) is 5.27. The summed E-state index contributed by atoms with van der Waals surface area (Å²) in [6.07, 6.45) is 9.33. The summed E-state index contributed by atoms with van der Waals surface area (Å²) in [5.74, 6) is 0.397. The van der Waals surface area contributed by atoms with Crippen LogP contribution in [0.4, 0.5) is 0 Å². The molecule has 1 aromatic carbocycles. The summed E-state index contributed by atoms with van der Waals surface area (Å²) < 4.78 is 0. The van der Waals surface area contributed by atoms with Gasteiger partial charge in [-0.15, -0.1) is 0 Å². The lowest BCUT2D eigenvalue weighted by Crippen LogP contribution is -2.15. The number of benzene rings is 1. The second-order valence-corrected chi connectivity index (χ2v) is 3.93. The highest BCUT2D eigenvalue weighted by atomic mass is 15.1. The van der Waals surface area contributed by atoms with Crippen LogP contribution in [0.2, 0.25) is 0 Å². The monoisotopic (exact) mass is 196 g/mol. The number of hydrogen-bond acceptors (Lipinski definition) is 2. The van der Waals surface area contributed by atoms with Crippen molar-refractivity contribution in [3.05, 3.63) is 53.7 Å². The minimum atomic E-state index is 0.287. The lowest BCUT2D eigenvalue weighted by Gasteiger charge is -2.21. The van der Waals surface area contributed by atoms with E-state index in [2.05, 4.69) is 52.7 Å². The maximum absolute atomic E-state index is 4.30. The smallest absolute Gasteiger partial charge is 0.0850 e. The van der Waals surface area contributed by atoms with Crippen LogP contribution in [0.1, 0.15) is 23.5 Å². The molecule has 0 aromatic heterocycles. The van der Waals surface area contributed by atoms with Gasteiger partial charge in [0.15, 0.2) is 0 Å². The SMILES string of the molecule is C1=Cc2ccccc2C2C=CN=NC2C1. The standard InChI is InChI=1S/C13H12N2/c1-2-6-11-10(4-1)5-3-7-13-12(11)8-9-14-15-13/h1-6,8-9,12-13H,7H2. The highest BCUT2D eigenvalue weighted by Gasteiger charge is 2.24. The molecular formula is C13H12N2. The van der Waals surface area contributed by atoms with Crippen LogP contribution in [0.3, 0.4) is 0 Å². The molecule has 2 aliphatic rings. The van der Waals surface area contributed by atoms with Gasteiger partial charge in [-0.1, -0.05) is 42.5 Å². The van der Waals surface area contributed by atoms with Crippen LogP contribution in [0.5, 0.6) is 0 Å². The van der Waals surface area contributed by atoms with Crippen LogP contribution in [0.15, 0.2) is 52.8 Å². The van der Waals surface area contributed by atoms with Gasteiger partial charge in [0.05, 0.1) is 6.04 Å². The fourth-order valence-electron chi connectivity index (χ4n) is 2.26. The molecule has 0 saturated carbocycles. The third-order valence-corrected chi connectivity index (χ3v) is 3.02. The Morgan fingerprint density at radius 1 is 1.20 bits per heavy atom. The minimum Gasteiger partial charge on any atom is -0.185 e. The van der Waals surface area contributed by atoms with Crippen molar-refractivity contribution in [2.45, 2.75) is 18.4 Å². The molecule has 2 nitrogen and oxygen atoms in total. The second-order valence-electron chi connectivity index (χ2n) is 3.93. The van der Waals surface area contributed by atoms with E-state index in [-0.39, 0.29) is 6.04 Å². The van der Waals surface area contributed by atoms with E-state index in [1.165, 1.54) is 11.1 Å². The van der Waals surface area contributed by atoms with Gasteiger partial charge in [0.1, 0.15) is 0 Å². The zero-order chi connectivity index (χ0) is 10.1. The van der Waals surface area contributed by atoms with Crippen LogP contribution >= 0.6 is 0 Å². The van der Waals surface area contributed by atoms with Crippen molar-refractivity contribution in [1.82, 2.24) is 0 Å². The molecule has 1 aliphatic heterocycles. The first-order valence-corrected chi connectivity index (χ1v) is 5.27. The summed E-state index contributed by atoms with van der Waals surface area (Å²) in [4.78, 5) is 0. The number of hydrogen-bond donors (Lipinski definition) is 0. The van der Waals surface area contributed by atoms with Crippen LogP contribution in [0, 0.1) is 0 Å². The van der Waals surface area contributed by atoms with Crippen LogP contribution < -0.4 is 0 Å². The van der Waals surface area contributed by atoms with E-state index in [4.69, 9.17) is 0 Å². The lowest BCUT2D eigenvalue weighted by atomic mass is 9.89. The van der Waals surface area contributed by atoms with E-state index in [9.17, 15) is 0 Å². The van der Waals surface area contributed by atoms with Crippen molar-refractivity contribution in [3.63, 3.8) is 0 Å². The van der Waals surface area contributed by atoms with Gasteiger partial charge in [-0.3, -0.25) is 0 Å². The molecule has 1 aliphatic carbocycles. The molecule has 2 atom stereocenters. The Morgan fingerprint density at radius 2 is 2.13 bits per heavy atom. The zero-order valence-corrected chi connectivity index (χ0v) is 8.38. The fourth-order valence-corrected chi connectivity index (χ4v) is 2.26. The van der Waals surface area contributed by atoms with Crippen molar-refractivity contribution >= 4 is 6.08 Å². The lowest BCUT2D eigenvalue weighted by molar-refractivity contribution is 0.578. The molecule has 3 rings (SSSR count). The molecule has 2 heteroatoms. The summed E-state index contributed by atoms with van der Waals surface area (Å²) in [6.45, 7) is 0. The van der Waals surface area contributed by atoms with Crippen LogP contribution in [-0.2, 0) is 0 Å². The topological polar surface area (TPSA) is 24.7 Å². The summed E-state index contributed by atoms with van der Waals surface area (Å²) in [5.41, 5.74) is 2.68. The van der Waals surface area contributed by atoms with Crippen molar-refractivity contribution in [3.8, 4) is 0 Å². The van der Waals surface area contributed by atoms with Crippen molar-refractivity contribution in [2.24, 2.45) is 10.2 Å². The van der Waals surface area contributed by atoms with Gasteiger partial charge in [0.2, 0.25) is 0 Å². The predicted octanol–water partition coefficient (Wildman–Crippen LogP) is 3.54. The maximum Gasteiger partial charge on any atom is 0.0850 e. The third-order valence-electron chi connectivity index (χ3n) is 3.02. The quantitative estimate of drug-likeness (QED) is 0.606.